The number of piperazine rings is 1. The number of halogens is 1. The average Bonchev–Trinajstić information content (AvgIpc) is 2.74. The van der Waals surface area contributed by atoms with Crippen molar-refractivity contribution in [2.75, 3.05) is 51.3 Å². The van der Waals surface area contributed by atoms with Gasteiger partial charge < -0.3 is 19.9 Å². The first-order chi connectivity index (χ1) is 13.3. The standard InChI is InChI=1S/C21H29N5O.HI/c1-3-23-21(24-12-10-18-5-4-11-22-17-18)26-15-13-25(14-16-26)19-6-8-20(27-2)9-7-19;/h4-9,11,17H,3,10,12-16H2,1-2H3,(H,23,24);1H. The van der Waals surface area contributed by atoms with Crippen molar-refractivity contribution in [1.82, 2.24) is 15.2 Å². The number of aromatic nitrogens is 1. The Labute approximate surface area is 185 Å². The molecule has 0 atom stereocenters. The lowest BCUT2D eigenvalue weighted by Gasteiger charge is -2.37. The van der Waals surface area contributed by atoms with Crippen LogP contribution in [0.5, 0.6) is 5.75 Å². The fraction of sp³-hybridized carbons (Fsp3) is 0.429. The van der Waals surface area contributed by atoms with Crippen molar-refractivity contribution in [3.63, 3.8) is 0 Å². The zero-order valence-electron chi connectivity index (χ0n) is 16.7. The number of ether oxygens (including phenoxy) is 1. The van der Waals surface area contributed by atoms with Crippen molar-refractivity contribution in [2.24, 2.45) is 4.99 Å². The van der Waals surface area contributed by atoms with Crippen LogP contribution in [0.25, 0.3) is 0 Å². The molecule has 0 saturated carbocycles. The first-order valence-electron chi connectivity index (χ1n) is 9.61. The Kier molecular flexibility index (Phi) is 9.33. The summed E-state index contributed by atoms with van der Waals surface area (Å²) in [6, 6.07) is 12.4. The van der Waals surface area contributed by atoms with Crippen LogP contribution < -0.4 is 15.0 Å². The molecule has 1 fully saturated rings. The molecule has 1 aliphatic heterocycles. The molecule has 0 amide bonds. The first kappa shape index (κ1) is 22.3. The van der Waals surface area contributed by atoms with Gasteiger partial charge in [0, 0.05) is 57.3 Å². The molecule has 0 aliphatic carbocycles. The number of methoxy groups -OCH3 is 1. The van der Waals surface area contributed by atoms with E-state index in [0.29, 0.717) is 0 Å². The molecular weight excluding hydrogens is 465 g/mol. The maximum atomic E-state index is 5.25. The molecule has 0 unspecified atom stereocenters. The van der Waals surface area contributed by atoms with Crippen molar-refractivity contribution in [3.05, 3.63) is 54.4 Å². The number of nitrogens with zero attached hydrogens (tertiary/aromatic N) is 4. The molecule has 0 bridgehead atoms. The van der Waals surface area contributed by atoms with Gasteiger partial charge in [0.25, 0.3) is 0 Å². The monoisotopic (exact) mass is 495 g/mol. The molecule has 1 aliphatic rings. The fourth-order valence-electron chi connectivity index (χ4n) is 3.23. The third kappa shape index (κ3) is 6.25. The van der Waals surface area contributed by atoms with Gasteiger partial charge in [0.2, 0.25) is 0 Å². The highest BCUT2D eigenvalue weighted by Gasteiger charge is 2.19. The summed E-state index contributed by atoms with van der Waals surface area (Å²) in [5, 5.41) is 3.43. The van der Waals surface area contributed by atoms with Crippen molar-refractivity contribution in [3.8, 4) is 5.75 Å². The molecule has 2 heterocycles. The first-order valence-corrected chi connectivity index (χ1v) is 9.61. The van der Waals surface area contributed by atoms with Crippen LogP contribution in [0.3, 0.4) is 0 Å². The highest BCUT2D eigenvalue weighted by molar-refractivity contribution is 14.0. The molecule has 0 spiro atoms. The van der Waals surface area contributed by atoms with E-state index < -0.39 is 0 Å². The Morgan fingerprint density at radius 2 is 1.89 bits per heavy atom. The Bertz CT molecular complexity index is 715. The van der Waals surface area contributed by atoms with E-state index >= 15 is 0 Å². The van der Waals surface area contributed by atoms with E-state index in [1.54, 1.807) is 13.3 Å². The number of guanidine groups is 1. The van der Waals surface area contributed by atoms with Gasteiger partial charge in [-0.2, -0.15) is 0 Å². The van der Waals surface area contributed by atoms with Crippen molar-refractivity contribution in [2.45, 2.75) is 13.3 Å². The van der Waals surface area contributed by atoms with Crippen LogP contribution >= 0.6 is 24.0 Å². The molecule has 1 saturated heterocycles. The number of nitrogens with one attached hydrogen (secondary N) is 1. The third-order valence-corrected chi connectivity index (χ3v) is 4.74. The van der Waals surface area contributed by atoms with Crippen LogP contribution in [0.4, 0.5) is 5.69 Å². The number of hydrogen-bond acceptors (Lipinski definition) is 4. The fourth-order valence-corrected chi connectivity index (χ4v) is 3.23. The summed E-state index contributed by atoms with van der Waals surface area (Å²) in [7, 11) is 1.70. The lowest BCUT2D eigenvalue weighted by molar-refractivity contribution is 0.372. The molecule has 6 nitrogen and oxygen atoms in total. The Morgan fingerprint density at radius 3 is 2.50 bits per heavy atom. The number of benzene rings is 1. The molecule has 1 aromatic carbocycles. The number of anilines is 1. The smallest absolute Gasteiger partial charge is 0.194 e. The summed E-state index contributed by atoms with van der Waals surface area (Å²) < 4.78 is 5.25. The summed E-state index contributed by atoms with van der Waals surface area (Å²) in [6.07, 6.45) is 4.63. The summed E-state index contributed by atoms with van der Waals surface area (Å²) in [4.78, 5) is 13.8. The molecule has 3 rings (SSSR count). The van der Waals surface area contributed by atoms with Crippen LogP contribution in [0.15, 0.2) is 53.8 Å². The number of rotatable bonds is 6. The van der Waals surface area contributed by atoms with E-state index in [9.17, 15) is 0 Å². The van der Waals surface area contributed by atoms with Crippen LogP contribution in [-0.4, -0.2) is 62.2 Å². The minimum absolute atomic E-state index is 0. The summed E-state index contributed by atoms with van der Waals surface area (Å²) in [6.45, 7) is 7.66. The highest BCUT2D eigenvalue weighted by Crippen LogP contribution is 2.20. The lowest BCUT2D eigenvalue weighted by Crippen LogP contribution is -2.52. The van der Waals surface area contributed by atoms with Crippen LogP contribution in [-0.2, 0) is 6.42 Å². The molecule has 1 aromatic heterocycles. The maximum Gasteiger partial charge on any atom is 0.194 e. The molecule has 28 heavy (non-hydrogen) atoms. The predicted molar refractivity (Wildman–Crippen MR) is 126 cm³/mol. The van der Waals surface area contributed by atoms with E-state index in [0.717, 1.165) is 57.4 Å². The SMILES string of the molecule is CCNC(=NCCc1cccnc1)N1CCN(c2ccc(OC)cc2)CC1.I. The van der Waals surface area contributed by atoms with Gasteiger partial charge in [-0.25, -0.2) is 0 Å². The van der Waals surface area contributed by atoms with Crippen LogP contribution in [0.1, 0.15) is 12.5 Å². The quantitative estimate of drug-likeness (QED) is 0.380. The zero-order valence-corrected chi connectivity index (χ0v) is 19.0. The van der Waals surface area contributed by atoms with Gasteiger partial charge in [-0.1, -0.05) is 6.07 Å². The minimum atomic E-state index is 0. The van der Waals surface area contributed by atoms with Gasteiger partial charge in [-0.3, -0.25) is 9.98 Å². The number of hydrogen-bond donors (Lipinski definition) is 1. The third-order valence-electron chi connectivity index (χ3n) is 4.74. The molecule has 0 radical (unpaired) electrons. The molecular formula is C21H30IN5O. The molecule has 7 heteroatoms. The van der Waals surface area contributed by atoms with Gasteiger partial charge >= 0.3 is 0 Å². The van der Waals surface area contributed by atoms with Gasteiger partial charge in [-0.05, 0) is 49.2 Å². The largest absolute Gasteiger partial charge is 0.497 e. The van der Waals surface area contributed by atoms with Crippen LogP contribution in [0.2, 0.25) is 0 Å². The highest BCUT2D eigenvalue weighted by atomic mass is 127. The van der Waals surface area contributed by atoms with Crippen molar-refractivity contribution in [1.29, 1.82) is 0 Å². The molecule has 2 aromatic rings. The number of aliphatic imine (C=N–C) groups is 1. The second-order valence-corrected chi connectivity index (χ2v) is 6.52. The maximum absolute atomic E-state index is 5.25. The van der Waals surface area contributed by atoms with Gasteiger partial charge in [0.05, 0.1) is 7.11 Å². The van der Waals surface area contributed by atoms with E-state index in [1.807, 2.05) is 24.4 Å². The Balaban J connectivity index is 0.00000280. The average molecular weight is 495 g/mol. The van der Waals surface area contributed by atoms with E-state index in [4.69, 9.17) is 9.73 Å². The summed E-state index contributed by atoms with van der Waals surface area (Å²) in [5.74, 6) is 1.91. The van der Waals surface area contributed by atoms with Gasteiger partial charge in [0.15, 0.2) is 5.96 Å². The van der Waals surface area contributed by atoms with E-state index in [-0.39, 0.29) is 24.0 Å². The minimum Gasteiger partial charge on any atom is -0.497 e. The Morgan fingerprint density at radius 1 is 1.14 bits per heavy atom. The lowest BCUT2D eigenvalue weighted by atomic mass is 10.2. The van der Waals surface area contributed by atoms with Crippen molar-refractivity contribution < 1.29 is 4.74 Å². The second kappa shape index (κ2) is 11.7. The zero-order chi connectivity index (χ0) is 18.9. The van der Waals surface area contributed by atoms with Gasteiger partial charge in [0.1, 0.15) is 5.75 Å². The summed E-state index contributed by atoms with van der Waals surface area (Å²) in [5.41, 5.74) is 2.47. The van der Waals surface area contributed by atoms with E-state index in [2.05, 4.69) is 45.2 Å². The molecule has 1 N–H and O–H groups in total. The topological polar surface area (TPSA) is 53.0 Å². The molecule has 152 valence electrons. The van der Waals surface area contributed by atoms with Gasteiger partial charge in [-0.15, -0.1) is 24.0 Å². The van der Waals surface area contributed by atoms with E-state index in [1.165, 1.54) is 11.3 Å². The number of pyridine rings is 1. The van der Waals surface area contributed by atoms with Crippen LogP contribution in [0, 0.1) is 0 Å². The Hall–Kier alpha value is -2.03. The van der Waals surface area contributed by atoms with Crippen molar-refractivity contribution >= 4 is 35.6 Å². The second-order valence-electron chi connectivity index (χ2n) is 6.52. The summed E-state index contributed by atoms with van der Waals surface area (Å²) >= 11 is 0. The predicted octanol–water partition coefficient (Wildman–Crippen LogP) is 3.04. The normalized spacial score (nSPS) is 14.4.